The minimum atomic E-state index is -0.344. The van der Waals surface area contributed by atoms with Crippen LogP contribution < -0.4 is 10.2 Å². The number of carbonyl (C=O) groups excluding carboxylic acids is 1. The fourth-order valence-corrected chi connectivity index (χ4v) is 3.54. The SMILES string of the molecule is CCOC(=O)c1cnc2ccc(Br)cc2c1NCCC[NH+]1CCOCC1. The first-order valence-electron chi connectivity index (χ1n) is 9.09. The Kier molecular flexibility index (Phi) is 6.82. The summed E-state index contributed by atoms with van der Waals surface area (Å²) in [4.78, 5) is 18.3. The van der Waals surface area contributed by atoms with Crippen LogP contribution in [0.15, 0.2) is 28.9 Å². The highest BCUT2D eigenvalue weighted by atomic mass is 79.9. The zero-order chi connectivity index (χ0) is 18.4. The first kappa shape index (κ1) is 19.1. The van der Waals surface area contributed by atoms with Gasteiger partial charge in [0.05, 0.1) is 37.6 Å². The number of aromatic nitrogens is 1. The van der Waals surface area contributed by atoms with Gasteiger partial charge in [-0.25, -0.2) is 4.79 Å². The van der Waals surface area contributed by atoms with Gasteiger partial charge in [-0.3, -0.25) is 4.98 Å². The lowest BCUT2D eigenvalue weighted by Gasteiger charge is -2.23. The molecule has 2 N–H and O–H groups in total. The molecule has 2 aromatic rings. The number of hydrogen-bond donors (Lipinski definition) is 2. The molecular weight excluding hydrogens is 398 g/mol. The Morgan fingerprint density at radius 1 is 1.38 bits per heavy atom. The minimum absolute atomic E-state index is 0.342. The molecule has 0 unspecified atom stereocenters. The second-order valence-electron chi connectivity index (χ2n) is 6.32. The van der Waals surface area contributed by atoms with E-state index in [0.29, 0.717) is 12.2 Å². The average molecular weight is 423 g/mol. The number of anilines is 1. The third kappa shape index (κ3) is 4.72. The first-order valence-corrected chi connectivity index (χ1v) is 9.89. The van der Waals surface area contributed by atoms with Crippen molar-refractivity contribution in [3.63, 3.8) is 0 Å². The molecule has 0 saturated carbocycles. The zero-order valence-electron chi connectivity index (χ0n) is 15.0. The standard InChI is InChI=1S/C19H24BrN3O3/c1-2-26-19(24)16-13-22-17-5-4-14(20)12-15(17)18(16)21-6-3-7-23-8-10-25-11-9-23/h4-5,12-13H,2-3,6-11H2,1H3,(H,21,22)/p+1. The van der Waals surface area contributed by atoms with Crippen LogP contribution >= 0.6 is 15.9 Å². The van der Waals surface area contributed by atoms with Crippen LogP contribution in [-0.4, -0.2) is 57.0 Å². The van der Waals surface area contributed by atoms with Crippen molar-refractivity contribution in [2.45, 2.75) is 13.3 Å². The van der Waals surface area contributed by atoms with Crippen LogP contribution in [0.25, 0.3) is 10.9 Å². The summed E-state index contributed by atoms with van der Waals surface area (Å²) in [6.45, 7) is 7.87. The van der Waals surface area contributed by atoms with Crippen LogP contribution in [0, 0.1) is 0 Å². The first-order chi connectivity index (χ1) is 12.7. The molecule has 0 radical (unpaired) electrons. The molecule has 0 aliphatic carbocycles. The second kappa shape index (κ2) is 9.30. The van der Waals surface area contributed by atoms with E-state index in [1.807, 2.05) is 18.2 Å². The third-order valence-electron chi connectivity index (χ3n) is 4.53. The molecule has 1 aromatic heterocycles. The molecule has 2 heterocycles. The van der Waals surface area contributed by atoms with Crippen LogP contribution in [0.3, 0.4) is 0 Å². The maximum atomic E-state index is 12.3. The maximum Gasteiger partial charge on any atom is 0.341 e. The molecule has 0 amide bonds. The summed E-state index contributed by atoms with van der Waals surface area (Å²) in [5.74, 6) is -0.344. The van der Waals surface area contributed by atoms with Gasteiger partial charge >= 0.3 is 5.97 Å². The molecule has 0 atom stereocenters. The van der Waals surface area contributed by atoms with Gasteiger partial charge in [0.15, 0.2) is 0 Å². The molecule has 3 rings (SSSR count). The van der Waals surface area contributed by atoms with Crippen LogP contribution in [0.1, 0.15) is 23.7 Å². The third-order valence-corrected chi connectivity index (χ3v) is 5.03. The molecule has 1 aliphatic heterocycles. The van der Waals surface area contributed by atoms with Crippen molar-refractivity contribution in [1.29, 1.82) is 0 Å². The summed E-state index contributed by atoms with van der Waals surface area (Å²) < 4.78 is 11.6. The summed E-state index contributed by atoms with van der Waals surface area (Å²) in [5.41, 5.74) is 2.13. The Bertz CT molecular complexity index is 763. The molecule has 6 nitrogen and oxygen atoms in total. The topological polar surface area (TPSA) is 64.9 Å². The fraction of sp³-hybridized carbons (Fsp3) is 0.474. The molecule has 1 aliphatic rings. The number of halogens is 1. The van der Waals surface area contributed by atoms with E-state index in [9.17, 15) is 4.79 Å². The van der Waals surface area contributed by atoms with Crippen molar-refractivity contribution < 1.29 is 19.2 Å². The molecule has 0 spiro atoms. The van der Waals surface area contributed by atoms with E-state index in [2.05, 4.69) is 26.2 Å². The lowest BCUT2D eigenvalue weighted by atomic mass is 10.1. The Labute approximate surface area is 162 Å². The Morgan fingerprint density at radius 3 is 2.96 bits per heavy atom. The predicted octanol–water partition coefficient (Wildman–Crippen LogP) is 1.89. The molecule has 7 heteroatoms. The van der Waals surface area contributed by atoms with E-state index >= 15 is 0 Å². The van der Waals surface area contributed by atoms with E-state index in [1.54, 1.807) is 18.0 Å². The summed E-state index contributed by atoms with van der Waals surface area (Å²) in [6, 6.07) is 5.88. The van der Waals surface area contributed by atoms with Gasteiger partial charge in [-0.2, -0.15) is 0 Å². The minimum Gasteiger partial charge on any atom is -0.462 e. The van der Waals surface area contributed by atoms with Gasteiger partial charge in [0, 0.05) is 29.0 Å². The van der Waals surface area contributed by atoms with Crippen molar-refractivity contribution >= 4 is 38.5 Å². The van der Waals surface area contributed by atoms with Crippen molar-refractivity contribution in [3.05, 3.63) is 34.4 Å². The quantitative estimate of drug-likeness (QED) is 0.526. The number of nitrogens with one attached hydrogen (secondary N) is 2. The number of fused-ring (bicyclic) bond motifs is 1. The fourth-order valence-electron chi connectivity index (χ4n) is 3.18. The highest BCUT2D eigenvalue weighted by molar-refractivity contribution is 9.10. The molecule has 1 fully saturated rings. The van der Waals surface area contributed by atoms with E-state index in [4.69, 9.17) is 9.47 Å². The van der Waals surface area contributed by atoms with E-state index in [1.165, 1.54) is 0 Å². The number of ether oxygens (including phenoxy) is 2. The zero-order valence-corrected chi connectivity index (χ0v) is 16.6. The Balaban J connectivity index is 1.75. The van der Waals surface area contributed by atoms with Gasteiger partial charge in [0.25, 0.3) is 0 Å². The Hall–Kier alpha value is -1.70. The number of morpholine rings is 1. The molecule has 0 bridgehead atoms. The monoisotopic (exact) mass is 422 g/mol. The number of rotatable bonds is 7. The molecule has 1 aromatic carbocycles. The van der Waals surface area contributed by atoms with Gasteiger partial charge in [-0.15, -0.1) is 0 Å². The van der Waals surface area contributed by atoms with Gasteiger partial charge in [-0.05, 0) is 25.1 Å². The van der Waals surface area contributed by atoms with Crippen molar-refractivity contribution in [3.8, 4) is 0 Å². The van der Waals surface area contributed by atoms with Crippen LogP contribution in [0.5, 0.6) is 0 Å². The molecule has 140 valence electrons. The number of hydrogen-bond acceptors (Lipinski definition) is 5. The molecule has 1 saturated heterocycles. The van der Waals surface area contributed by atoms with Gasteiger partial charge < -0.3 is 19.7 Å². The number of nitrogens with zero attached hydrogens (tertiary/aromatic N) is 1. The number of pyridine rings is 1. The maximum absolute atomic E-state index is 12.3. The highest BCUT2D eigenvalue weighted by Gasteiger charge is 2.17. The van der Waals surface area contributed by atoms with Crippen molar-refractivity contribution in [2.75, 3.05) is 51.3 Å². The van der Waals surface area contributed by atoms with E-state index in [0.717, 1.165) is 66.9 Å². The lowest BCUT2D eigenvalue weighted by Crippen LogP contribution is -3.14. The Morgan fingerprint density at radius 2 is 2.19 bits per heavy atom. The van der Waals surface area contributed by atoms with E-state index in [-0.39, 0.29) is 5.97 Å². The average Bonchev–Trinajstić information content (AvgIpc) is 2.66. The van der Waals surface area contributed by atoms with Gasteiger partial charge in [0.2, 0.25) is 0 Å². The van der Waals surface area contributed by atoms with Crippen LogP contribution in [0.2, 0.25) is 0 Å². The number of quaternary nitrogens is 1. The van der Waals surface area contributed by atoms with Gasteiger partial charge in [0.1, 0.15) is 18.7 Å². The predicted molar refractivity (Wildman–Crippen MR) is 105 cm³/mol. The summed E-state index contributed by atoms with van der Waals surface area (Å²) >= 11 is 3.51. The number of benzene rings is 1. The summed E-state index contributed by atoms with van der Waals surface area (Å²) in [5, 5.41) is 4.38. The van der Waals surface area contributed by atoms with E-state index < -0.39 is 0 Å². The lowest BCUT2D eigenvalue weighted by molar-refractivity contribution is -0.908. The number of esters is 1. The molecule has 26 heavy (non-hydrogen) atoms. The summed E-state index contributed by atoms with van der Waals surface area (Å²) in [7, 11) is 0. The molecular formula is C19H25BrN3O3+. The van der Waals surface area contributed by atoms with Crippen molar-refractivity contribution in [1.82, 2.24) is 4.98 Å². The summed E-state index contributed by atoms with van der Waals surface area (Å²) in [6.07, 6.45) is 2.62. The van der Waals surface area contributed by atoms with Crippen LogP contribution in [0.4, 0.5) is 5.69 Å². The van der Waals surface area contributed by atoms with Crippen LogP contribution in [-0.2, 0) is 9.47 Å². The number of carbonyl (C=O) groups is 1. The smallest absolute Gasteiger partial charge is 0.341 e. The highest BCUT2D eigenvalue weighted by Crippen LogP contribution is 2.29. The van der Waals surface area contributed by atoms with Crippen molar-refractivity contribution in [2.24, 2.45) is 0 Å². The van der Waals surface area contributed by atoms with Gasteiger partial charge in [-0.1, -0.05) is 15.9 Å². The normalized spacial score (nSPS) is 15.2. The second-order valence-corrected chi connectivity index (χ2v) is 7.24. The largest absolute Gasteiger partial charge is 0.462 e.